The van der Waals surface area contributed by atoms with Crippen molar-refractivity contribution in [3.05, 3.63) is 23.8 Å². The highest BCUT2D eigenvalue weighted by atomic mass is 16.7. The predicted molar refractivity (Wildman–Crippen MR) is 80.3 cm³/mol. The van der Waals surface area contributed by atoms with Crippen LogP contribution in [0.3, 0.4) is 0 Å². The van der Waals surface area contributed by atoms with Crippen LogP contribution in [0.4, 0.5) is 0 Å². The van der Waals surface area contributed by atoms with Crippen LogP contribution >= 0.6 is 0 Å². The van der Waals surface area contributed by atoms with Crippen molar-refractivity contribution in [1.29, 1.82) is 0 Å². The van der Waals surface area contributed by atoms with Crippen LogP contribution in [-0.4, -0.2) is 38.6 Å². The minimum Gasteiger partial charge on any atom is -0.493 e. The molecule has 0 bridgehead atoms. The molecule has 1 saturated heterocycles. The maximum Gasteiger partial charge on any atom is 0.308 e. The van der Waals surface area contributed by atoms with E-state index in [-0.39, 0.29) is 17.2 Å². The number of hydrogen-bond acceptors (Lipinski definition) is 7. The third-order valence-electron chi connectivity index (χ3n) is 2.86. The summed E-state index contributed by atoms with van der Waals surface area (Å²) in [6.45, 7) is 3.59. The Morgan fingerprint density at radius 3 is 2.26 bits per heavy atom. The molecule has 0 saturated carbocycles. The molecule has 2 rings (SSSR count). The van der Waals surface area contributed by atoms with Gasteiger partial charge < -0.3 is 23.7 Å². The van der Waals surface area contributed by atoms with Gasteiger partial charge in [-0.2, -0.15) is 0 Å². The van der Waals surface area contributed by atoms with Crippen molar-refractivity contribution >= 4 is 18.0 Å². The maximum absolute atomic E-state index is 11.3. The largest absolute Gasteiger partial charge is 0.493 e. The van der Waals surface area contributed by atoms with Crippen LogP contribution in [0.25, 0.3) is 6.08 Å². The van der Waals surface area contributed by atoms with Gasteiger partial charge in [0.1, 0.15) is 0 Å². The summed E-state index contributed by atoms with van der Waals surface area (Å²) in [5.74, 6) is -0.663. The molecule has 1 aromatic carbocycles. The molecule has 7 heteroatoms. The standard InChI is InChI=1S/C16H18O7/c1-10(17)22-14-9-12(4-5-15-20-6-7-21-15)8-13(19-3)16(14)23-11(2)18/h4-5,8-9,15H,6-7H2,1-3H3/b5-4+. The third-order valence-corrected chi connectivity index (χ3v) is 2.86. The summed E-state index contributed by atoms with van der Waals surface area (Å²) in [6, 6.07) is 3.21. The first-order valence-corrected chi connectivity index (χ1v) is 7.00. The van der Waals surface area contributed by atoms with E-state index >= 15 is 0 Å². The molecule has 0 aromatic heterocycles. The van der Waals surface area contributed by atoms with Gasteiger partial charge in [0, 0.05) is 13.8 Å². The first-order chi connectivity index (χ1) is 11.0. The lowest BCUT2D eigenvalue weighted by Gasteiger charge is -2.13. The number of benzene rings is 1. The van der Waals surface area contributed by atoms with Gasteiger partial charge in [-0.3, -0.25) is 9.59 Å². The van der Waals surface area contributed by atoms with E-state index in [0.717, 1.165) is 0 Å². The first-order valence-electron chi connectivity index (χ1n) is 7.00. The van der Waals surface area contributed by atoms with Crippen LogP contribution < -0.4 is 14.2 Å². The van der Waals surface area contributed by atoms with Crippen LogP contribution in [-0.2, 0) is 19.1 Å². The molecule has 0 spiro atoms. The molecular weight excluding hydrogens is 304 g/mol. The number of methoxy groups -OCH3 is 1. The fourth-order valence-electron chi connectivity index (χ4n) is 2.00. The quantitative estimate of drug-likeness (QED) is 0.605. The van der Waals surface area contributed by atoms with Crippen LogP contribution in [0.15, 0.2) is 18.2 Å². The number of hydrogen-bond donors (Lipinski definition) is 0. The monoisotopic (exact) mass is 322 g/mol. The molecule has 1 heterocycles. The summed E-state index contributed by atoms with van der Waals surface area (Å²) in [5.41, 5.74) is 0.674. The summed E-state index contributed by atoms with van der Waals surface area (Å²) >= 11 is 0. The number of ether oxygens (including phenoxy) is 5. The second-order valence-electron chi connectivity index (χ2n) is 4.71. The van der Waals surface area contributed by atoms with E-state index in [1.54, 1.807) is 24.3 Å². The van der Waals surface area contributed by atoms with E-state index in [9.17, 15) is 9.59 Å². The zero-order valence-electron chi connectivity index (χ0n) is 13.2. The third kappa shape index (κ3) is 4.80. The van der Waals surface area contributed by atoms with Crippen molar-refractivity contribution in [3.8, 4) is 17.2 Å². The molecule has 0 amide bonds. The molecule has 1 aliphatic rings. The molecule has 0 atom stereocenters. The molecule has 1 aliphatic heterocycles. The molecular formula is C16H18O7. The van der Waals surface area contributed by atoms with Gasteiger partial charge in [0.15, 0.2) is 17.8 Å². The minimum atomic E-state index is -0.548. The van der Waals surface area contributed by atoms with Gasteiger partial charge in [-0.25, -0.2) is 0 Å². The normalized spacial score (nSPS) is 14.9. The Bertz CT molecular complexity index is 615. The van der Waals surface area contributed by atoms with E-state index in [2.05, 4.69) is 0 Å². The second kappa shape index (κ2) is 7.75. The molecule has 1 fully saturated rings. The van der Waals surface area contributed by atoms with Crippen LogP contribution in [0, 0.1) is 0 Å². The van der Waals surface area contributed by atoms with Gasteiger partial charge in [-0.1, -0.05) is 6.08 Å². The van der Waals surface area contributed by atoms with E-state index < -0.39 is 18.2 Å². The minimum absolute atomic E-state index is 0.0562. The van der Waals surface area contributed by atoms with Gasteiger partial charge in [0.2, 0.25) is 5.75 Å². The molecule has 124 valence electrons. The molecule has 7 nitrogen and oxygen atoms in total. The van der Waals surface area contributed by atoms with Crippen molar-refractivity contribution in [2.75, 3.05) is 20.3 Å². The zero-order chi connectivity index (χ0) is 16.8. The van der Waals surface area contributed by atoms with Crippen molar-refractivity contribution in [3.63, 3.8) is 0 Å². The summed E-state index contributed by atoms with van der Waals surface area (Å²) in [7, 11) is 1.43. The average Bonchev–Trinajstić information content (AvgIpc) is 2.99. The topological polar surface area (TPSA) is 80.3 Å². The molecule has 0 radical (unpaired) electrons. The van der Waals surface area contributed by atoms with Crippen LogP contribution in [0.5, 0.6) is 17.2 Å². The van der Waals surface area contributed by atoms with Gasteiger partial charge in [-0.15, -0.1) is 0 Å². The fourth-order valence-corrected chi connectivity index (χ4v) is 2.00. The van der Waals surface area contributed by atoms with E-state index in [4.69, 9.17) is 23.7 Å². The molecule has 0 unspecified atom stereocenters. The van der Waals surface area contributed by atoms with Gasteiger partial charge in [0.05, 0.1) is 20.3 Å². The van der Waals surface area contributed by atoms with Crippen molar-refractivity contribution in [2.24, 2.45) is 0 Å². The smallest absolute Gasteiger partial charge is 0.308 e. The first kappa shape index (κ1) is 17.0. The Kier molecular flexibility index (Phi) is 5.72. The zero-order valence-corrected chi connectivity index (χ0v) is 13.2. The lowest BCUT2D eigenvalue weighted by atomic mass is 10.1. The summed E-state index contributed by atoms with van der Waals surface area (Å²) < 4.78 is 26.0. The predicted octanol–water partition coefficient (Wildman–Crippen LogP) is 1.93. The van der Waals surface area contributed by atoms with Gasteiger partial charge in [0.25, 0.3) is 0 Å². The van der Waals surface area contributed by atoms with Crippen LogP contribution in [0.2, 0.25) is 0 Å². The van der Waals surface area contributed by atoms with Gasteiger partial charge >= 0.3 is 11.9 Å². The molecule has 0 aliphatic carbocycles. The fraction of sp³-hybridized carbons (Fsp3) is 0.375. The van der Waals surface area contributed by atoms with Crippen molar-refractivity contribution < 1.29 is 33.3 Å². The number of rotatable bonds is 5. The Morgan fingerprint density at radius 1 is 1.09 bits per heavy atom. The summed E-state index contributed by atoms with van der Waals surface area (Å²) in [5, 5.41) is 0. The van der Waals surface area contributed by atoms with Crippen molar-refractivity contribution in [1.82, 2.24) is 0 Å². The van der Waals surface area contributed by atoms with E-state index in [0.29, 0.717) is 18.8 Å². The Labute approximate surface area is 133 Å². The molecule has 23 heavy (non-hydrogen) atoms. The van der Waals surface area contributed by atoms with E-state index in [1.807, 2.05) is 0 Å². The average molecular weight is 322 g/mol. The van der Waals surface area contributed by atoms with Gasteiger partial charge in [-0.05, 0) is 23.8 Å². The molecule has 1 aromatic rings. The van der Waals surface area contributed by atoms with Crippen molar-refractivity contribution in [2.45, 2.75) is 20.1 Å². The number of carbonyl (C=O) groups is 2. The highest BCUT2D eigenvalue weighted by molar-refractivity contribution is 5.76. The Hall–Kier alpha value is -2.38. The summed E-state index contributed by atoms with van der Waals surface area (Å²) in [4.78, 5) is 22.5. The second-order valence-corrected chi connectivity index (χ2v) is 4.71. The Balaban J connectivity index is 2.35. The number of esters is 2. The highest BCUT2D eigenvalue weighted by Crippen LogP contribution is 2.39. The molecule has 0 N–H and O–H groups in total. The van der Waals surface area contributed by atoms with E-state index in [1.165, 1.54) is 21.0 Å². The van der Waals surface area contributed by atoms with Crippen LogP contribution in [0.1, 0.15) is 19.4 Å². The highest BCUT2D eigenvalue weighted by Gasteiger charge is 2.18. The SMILES string of the molecule is COc1cc(/C=C/C2OCCO2)cc(OC(C)=O)c1OC(C)=O. The Morgan fingerprint density at radius 2 is 1.70 bits per heavy atom. The summed E-state index contributed by atoms with van der Waals surface area (Å²) in [6.07, 6.45) is 3.06. The number of carbonyl (C=O) groups excluding carboxylic acids is 2. The lowest BCUT2D eigenvalue weighted by molar-refractivity contribution is -0.134. The maximum atomic E-state index is 11.3. The lowest BCUT2D eigenvalue weighted by Crippen LogP contribution is -2.08.